The molecule has 1 amide bonds. The molecule has 0 saturated carbocycles. The summed E-state index contributed by atoms with van der Waals surface area (Å²) in [7, 11) is 0. The lowest BCUT2D eigenvalue weighted by Crippen LogP contribution is -2.34. The molecular weight excluding hydrogens is 250 g/mol. The summed E-state index contributed by atoms with van der Waals surface area (Å²) in [5.74, 6) is 0.113. The number of hydrogen-bond acceptors (Lipinski definition) is 5. The predicted molar refractivity (Wildman–Crippen MR) is 70.0 cm³/mol. The molecule has 1 fully saturated rings. The van der Waals surface area contributed by atoms with E-state index in [2.05, 4.69) is 27.2 Å². The van der Waals surface area contributed by atoms with Gasteiger partial charge in [-0.1, -0.05) is 11.3 Å². The summed E-state index contributed by atoms with van der Waals surface area (Å²) < 4.78 is 1.81. The molecule has 0 spiro atoms. The van der Waals surface area contributed by atoms with Crippen LogP contribution in [0.4, 0.5) is 5.13 Å². The second-order valence-electron chi connectivity index (χ2n) is 4.59. The minimum Gasteiger partial charge on any atom is -0.354 e. The first kappa shape index (κ1) is 11.5. The van der Waals surface area contributed by atoms with E-state index in [4.69, 9.17) is 0 Å². The van der Waals surface area contributed by atoms with E-state index in [1.165, 1.54) is 0 Å². The molecule has 2 aromatic heterocycles. The molecule has 6 nitrogen and oxygen atoms in total. The van der Waals surface area contributed by atoms with Gasteiger partial charge in [0.2, 0.25) is 16.0 Å². The summed E-state index contributed by atoms with van der Waals surface area (Å²) in [6.45, 7) is 5.48. The first-order valence-electron chi connectivity index (χ1n) is 5.99. The highest BCUT2D eigenvalue weighted by Crippen LogP contribution is 2.25. The van der Waals surface area contributed by atoms with Gasteiger partial charge in [0, 0.05) is 25.6 Å². The van der Waals surface area contributed by atoms with Gasteiger partial charge in [0.05, 0.1) is 11.9 Å². The smallest absolute Gasteiger partial charge is 0.222 e. The Hall–Kier alpha value is -1.63. The Morgan fingerprint density at radius 2 is 2.39 bits per heavy atom. The Morgan fingerprint density at radius 3 is 3.17 bits per heavy atom. The van der Waals surface area contributed by atoms with Crippen LogP contribution in [0.2, 0.25) is 0 Å². The maximum absolute atomic E-state index is 11.5. The van der Waals surface area contributed by atoms with Gasteiger partial charge in [0.25, 0.3) is 0 Å². The molecule has 3 rings (SSSR count). The van der Waals surface area contributed by atoms with E-state index in [1.807, 2.05) is 17.6 Å². The second kappa shape index (κ2) is 4.24. The number of carbonyl (C=O) groups is 1. The molecule has 2 aromatic rings. The Labute approximate surface area is 109 Å². The van der Waals surface area contributed by atoms with Crippen LogP contribution in [-0.4, -0.2) is 39.6 Å². The first-order valence-corrected chi connectivity index (χ1v) is 6.81. The number of aryl methyl sites for hydroxylation is 1. The van der Waals surface area contributed by atoms with Crippen molar-refractivity contribution in [1.29, 1.82) is 0 Å². The zero-order valence-corrected chi connectivity index (χ0v) is 11.2. The van der Waals surface area contributed by atoms with E-state index in [-0.39, 0.29) is 11.9 Å². The van der Waals surface area contributed by atoms with Crippen molar-refractivity contribution in [2.24, 2.45) is 0 Å². The van der Waals surface area contributed by atoms with Crippen LogP contribution in [0.5, 0.6) is 0 Å². The number of rotatable bonds is 1. The third kappa shape index (κ3) is 1.94. The first-order chi connectivity index (χ1) is 8.63. The van der Waals surface area contributed by atoms with Crippen LogP contribution in [0.25, 0.3) is 4.96 Å². The van der Waals surface area contributed by atoms with E-state index < -0.39 is 0 Å². The molecular formula is C11H15N5OS. The molecule has 18 heavy (non-hydrogen) atoms. The monoisotopic (exact) mass is 265 g/mol. The van der Waals surface area contributed by atoms with Gasteiger partial charge in [-0.2, -0.15) is 0 Å². The molecule has 1 aliphatic heterocycles. The fraction of sp³-hybridized carbons (Fsp3) is 0.545. The van der Waals surface area contributed by atoms with Crippen molar-refractivity contribution in [2.75, 3.05) is 18.0 Å². The molecule has 3 heterocycles. The molecule has 96 valence electrons. The fourth-order valence-corrected chi connectivity index (χ4v) is 3.24. The van der Waals surface area contributed by atoms with Gasteiger partial charge < -0.3 is 10.2 Å². The summed E-state index contributed by atoms with van der Waals surface area (Å²) in [5.41, 5.74) is 0.973. The molecule has 0 aromatic carbocycles. The maximum atomic E-state index is 11.5. The number of aromatic nitrogens is 3. The fourth-order valence-electron chi connectivity index (χ4n) is 2.19. The molecule has 1 atom stereocenters. The van der Waals surface area contributed by atoms with Crippen LogP contribution in [-0.2, 0) is 4.79 Å². The van der Waals surface area contributed by atoms with Gasteiger partial charge in [-0.15, -0.1) is 5.10 Å². The second-order valence-corrected chi connectivity index (χ2v) is 5.52. The number of nitrogens with zero attached hydrogens (tertiary/aromatic N) is 4. The molecule has 1 saturated heterocycles. The topological polar surface area (TPSA) is 62.5 Å². The summed E-state index contributed by atoms with van der Waals surface area (Å²) in [4.78, 5) is 18.9. The molecule has 0 aliphatic carbocycles. The van der Waals surface area contributed by atoms with Crippen LogP contribution < -0.4 is 10.2 Å². The van der Waals surface area contributed by atoms with Crippen molar-refractivity contribution in [3.8, 4) is 0 Å². The minimum atomic E-state index is 0.113. The lowest BCUT2D eigenvalue weighted by Gasteiger charge is -2.24. The van der Waals surface area contributed by atoms with E-state index >= 15 is 0 Å². The van der Waals surface area contributed by atoms with Crippen LogP contribution in [0.1, 0.15) is 19.0 Å². The van der Waals surface area contributed by atoms with Gasteiger partial charge in [0.15, 0.2) is 0 Å². The average molecular weight is 265 g/mol. The lowest BCUT2D eigenvalue weighted by atomic mass is 10.2. The Bertz CT molecular complexity index is 558. The van der Waals surface area contributed by atoms with Crippen LogP contribution in [0.15, 0.2) is 6.20 Å². The molecule has 7 heteroatoms. The number of amides is 1. The van der Waals surface area contributed by atoms with E-state index in [0.29, 0.717) is 13.0 Å². The summed E-state index contributed by atoms with van der Waals surface area (Å²) >= 11 is 1.57. The summed E-state index contributed by atoms with van der Waals surface area (Å²) in [5, 5.41) is 8.35. The van der Waals surface area contributed by atoms with Crippen molar-refractivity contribution < 1.29 is 4.79 Å². The number of hydrogen-bond donors (Lipinski definition) is 1. The zero-order chi connectivity index (χ0) is 12.7. The Kier molecular flexibility index (Phi) is 2.70. The van der Waals surface area contributed by atoms with E-state index in [0.717, 1.165) is 22.3 Å². The minimum absolute atomic E-state index is 0.113. The maximum Gasteiger partial charge on any atom is 0.222 e. The number of imidazole rings is 1. The Morgan fingerprint density at radius 1 is 1.56 bits per heavy atom. The summed E-state index contributed by atoms with van der Waals surface area (Å²) in [6, 6.07) is 0.171. The largest absolute Gasteiger partial charge is 0.354 e. The van der Waals surface area contributed by atoms with Gasteiger partial charge in [-0.05, 0) is 13.8 Å². The molecule has 0 radical (unpaired) electrons. The van der Waals surface area contributed by atoms with E-state index in [1.54, 1.807) is 11.3 Å². The number of carbonyl (C=O) groups excluding carboxylic acids is 1. The average Bonchev–Trinajstić information content (AvgIpc) is 2.75. The quantitative estimate of drug-likeness (QED) is 0.829. The molecule has 1 unspecified atom stereocenters. The third-order valence-electron chi connectivity index (χ3n) is 3.09. The van der Waals surface area contributed by atoms with Gasteiger partial charge >= 0.3 is 0 Å². The van der Waals surface area contributed by atoms with Gasteiger partial charge in [0.1, 0.15) is 0 Å². The van der Waals surface area contributed by atoms with Crippen LogP contribution in [0, 0.1) is 6.92 Å². The molecule has 0 bridgehead atoms. The highest BCUT2D eigenvalue weighted by molar-refractivity contribution is 7.20. The summed E-state index contributed by atoms with van der Waals surface area (Å²) in [6.07, 6.45) is 2.43. The molecule has 1 N–H and O–H groups in total. The number of fused-ring (bicyclic) bond motifs is 1. The molecule has 1 aliphatic rings. The van der Waals surface area contributed by atoms with Crippen molar-refractivity contribution >= 4 is 27.3 Å². The van der Waals surface area contributed by atoms with Crippen LogP contribution in [0.3, 0.4) is 0 Å². The van der Waals surface area contributed by atoms with Crippen molar-refractivity contribution in [3.63, 3.8) is 0 Å². The third-order valence-corrected chi connectivity index (χ3v) is 4.05. The van der Waals surface area contributed by atoms with Gasteiger partial charge in [-0.3, -0.25) is 4.79 Å². The van der Waals surface area contributed by atoms with Crippen molar-refractivity contribution in [2.45, 2.75) is 26.3 Å². The number of anilines is 1. The zero-order valence-electron chi connectivity index (χ0n) is 10.4. The highest BCUT2D eigenvalue weighted by atomic mass is 32.1. The van der Waals surface area contributed by atoms with E-state index in [9.17, 15) is 4.79 Å². The predicted octanol–water partition coefficient (Wildman–Crippen LogP) is 0.814. The van der Waals surface area contributed by atoms with Crippen molar-refractivity contribution in [3.05, 3.63) is 11.9 Å². The number of nitrogens with one attached hydrogen (secondary N) is 1. The Balaban J connectivity index is 1.92. The lowest BCUT2D eigenvalue weighted by molar-refractivity contribution is -0.120. The van der Waals surface area contributed by atoms with Gasteiger partial charge in [-0.25, -0.2) is 9.50 Å². The normalized spacial score (nSPS) is 21.1. The van der Waals surface area contributed by atoms with Crippen LogP contribution >= 0.6 is 11.3 Å². The highest BCUT2D eigenvalue weighted by Gasteiger charge is 2.24. The SMILES string of the molecule is Cc1cn2nc(N3CCNC(=O)CC3C)sc2n1. The van der Waals surface area contributed by atoms with Crippen molar-refractivity contribution in [1.82, 2.24) is 19.9 Å². The standard InChI is InChI=1S/C11H15N5OS/c1-7-6-16-10(13-7)18-11(14-16)15-4-3-12-9(17)5-8(15)2/h6,8H,3-5H2,1-2H3,(H,12,17).